The smallest absolute Gasteiger partial charge is 0.313 e. The molecule has 0 bridgehead atoms. The van der Waals surface area contributed by atoms with Crippen molar-refractivity contribution >= 4 is 5.97 Å². The van der Waals surface area contributed by atoms with Gasteiger partial charge in [-0.2, -0.15) is 0 Å². The second-order valence-corrected chi connectivity index (χ2v) is 5.19. The van der Waals surface area contributed by atoms with Crippen LogP contribution in [-0.2, 0) is 16.0 Å². The molecule has 5 heteroatoms. The largest absolute Gasteiger partial charge is 0.466 e. The molecule has 0 aliphatic carbocycles. The van der Waals surface area contributed by atoms with Crippen molar-refractivity contribution in [3.8, 4) is 0 Å². The summed E-state index contributed by atoms with van der Waals surface area (Å²) in [7, 11) is 0. The molecule has 3 nitrogen and oxygen atoms in total. The van der Waals surface area contributed by atoms with Crippen molar-refractivity contribution in [3.63, 3.8) is 0 Å². The van der Waals surface area contributed by atoms with E-state index in [1.54, 1.807) is 6.92 Å². The maximum absolute atomic E-state index is 13.8. The van der Waals surface area contributed by atoms with Gasteiger partial charge in [0.25, 0.3) is 0 Å². The van der Waals surface area contributed by atoms with Crippen LogP contribution in [-0.4, -0.2) is 25.7 Å². The molecule has 0 radical (unpaired) electrons. The molecule has 1 heterocycles. The van der Waals surface area contributed by atoms with Crippen LogP contribution in [0.25, 0.3) is 0 Å². The second-order valence-electron chi connectivity index (χ2n) is 5.19. The molecule has 0 saturated carbocycles. The number of esters is 1. The zero-order chi connectivity index (χ0) is 14.6. The maximum atomic E-state index is 13.8. The Bertz CT molecular complexity index is 485. The summed E-state index contributed by atoms with van der Waals surface area (Å²) in [6.07, 6.45) is 1.71. The molecule has 1 atom stereocenters. The first-order valence-corrected chi connectivity index (χ1v) is 6.89. The zero-order valence-electron chi connectivity index (χ0n) is 11.5. The van der Waals surface area contributed by atoms with Crippen LogP contribution < -0.4 is 5.32 Å². The predicted octanol–water partition coefficient (Wildman–Crippen LogP) is 2.44. The monoisotopic (exact) mass is 283 g/mol. The van der Waals surface area contributed by atoms with Gasteiger partial charge in [-0.15, -0.1) is 0 Å². The Labute approximate surface area is 117 Å². The fraction of sp³-hybridized carbons (Fsp3) is 0.533. The third-order valence-electron chi connectivity index (χ3n) is 3.72. The SMILES string of the molecule is CCOC(=O)C1(Cc2ccc(F)cc2F)CCCNC1. The molecule has 1 unspecified atom stereocenters. The van der Waals surface area contributed by atoms with Crippen LogP contribution >= 0.6 is 0 Å². The summed E-state index contributed by atoms with van der Waals surface area (Å²) in [5.41, 5.74) is -0.407. The molecule has 1 fully saturated rings. The van der Waals surface area contributed by atoms with Crippen molar-refractivity contribution in [3.05, 3.63) is 35.4 Å². The van der Waals surface area contributed by atoms with Crippen LogP contribution in [0.2, 0.25) is 0 Å². The van der Waals surface area contributed by atoms with E-state index in [1.807, 2.05) is 0 Å². The van der Waals surface area contributed by atoms with Crippen LogP contribution in [0.15, 0.2) is 18.2 Å². The van der Waals surface area contributed by atoms with Gasteiger partial charge in [-0.25, -0.2) is 8.78 Å². The van der Waals surface area contributed by atoms with Crippen molar-refractivity contribution in [1.82, 2.24) is 5.32 Å². The molecule has 1 aromatic rings. The van der Waals surface area contributed by atoms with Crippen LogP contribution in [0.4, 0.5) is 8.78 Å². The van der Waals surface area contributed by atoms with Crippen molar-refractivity contribution in [1.29, 1.82) is 0 Å². The zero-order valence-corrected chi connectivity index (χ0v) is 11.5. The summed E-state index contributed by atoms with van der Waals surface area (Å²) < 4.78 is 31.9. The lowest BCUT2D eigenvalue weighted by Gasteiger charge is -2.35. The minimum atomic E-state index is -0.757. The average Bonchev–Trinajstić information content (AvgIpc) is 2.43. The Morgan fingerprint density at radius 3 is 2.85 bits per heavy atom. The third-order valence-corrected chi connectivity index (χ3v) is 3.72. The fourth-order valence-corrected chi connectivity index (χ4v) is 2.68. The van der Waals surface area contributed by atoms with Gasteiger partial charge in [-0.05, 0) is 44.4 Å². The molecule has 110 valence electrons. The second kappa shape index (κ2) is 6.31. The summed E-state index contributed by atoms with van der Waals surface area (Å²) in [5.74, 6) is -1.53. The lowest BCUT2D eigenvalue weighted by Crippen LogP contribution is -2.48. The van der Waals surface area contributed by atoms with Gasteiger partial charge in [0.2, 0.25) is 0 Å². The van der Waals surface area contributed by atoms with Crippen molar-refractivity contribution < 1.29 is 18.3 Å². The number of benzene rings is 1. The molecule has 1 saturated heterocycles. The summed E-state index contributed by atoms with van der Waals surface area (Å²) in [6, 6.07) is 3.47. The topological polar surface area (TPSA) is 38.3 Å². The number of hydrogen-bond donors (Lipinski definition) is 1. The van der Waals surface area contributed by atoms with E-state index in [1.165, 1.54) is 12.1 Å². The number of nitrogens with one attached hydrogen (secondary N) is 1. The number of halogens is 2. The van der Waals surface area contributed by atoms with Crippen molar-refractivity contribution in [2.24, 2.45) is 5.41 Å². The standard InChI is InChI=1S/C15H19F2NO2/c1-2-20-14(19)15(6-3-7-18-10-15)9-11-4-5-12(16)8-13(11)17/h4-5,8,18H,2-3,6-7,9-10H2,1H3. The van der Waals surface area contributed by atoms with Gasteiger partial charge >= 0.3 is 5.97 Å². The van der Waals surface area contributed by atoms with E-state index in [9.17, 15) is 13.6 Å². The van der Waals surface area contributed by atoms with Gasteiger partial charge in [0.1, 0.15) is 11.6 Å². The summed E-state index contributed by atoms with van der Waals surface area (Å²) in [4.78, 5) is 12.2. The summed E-state index contributed by atoms with van der Waals surface area (Å²) >= 11 is 0. The van der Waals surface area contributed by atoms with Crippen LogP contribution in [0.3, 0.4) is 0 Å². The third kappa shape index (κ3) is 3.15. The number of ether oxygens (including phenoxy) is 1. The molecule has 0 spiro atoms. The van der Waals surface area contributed by atoms with Crippen molar-refractivity contribution in [2.75, 3.05) is 19.7 Å². The first kappa shape index (κ1) is 14.9. The average molecular weight is 283 g/mol. The Morgan fingerprint density at radius 1 is 1.45 bits per heavy atom. The molecule has 20 heavy (non-hydrogen) atoms. The van der Waals surface area contributed by atoms with Crippen LogP contribution in [0.5, 0.6) is 0 Å². The Kier molecular flexibility index (Phi) is 4.70. The van der Waals surface area contributed by atoms with Gasteiger partial charge in [0.15, 0.2) is 0 Å². The highest BCUT2D eigenvalue weighted by Gasteiger charge is 2.41. The van der Waals surface area contributed by atoms with Crippen molar-refractivity contribution in [2.45, 2.75) is 26.2 Å². The molecule has 1 aliphatic heterocycles. The predicted molar refractivity (Wildman–Crippen MR) is 71.2 cm³/mol. The van der Waals surface area contributed by atoms with E-state index < -0.39 is 17.0 Å². The number of carbonyl (C=O) groups excluding carboxylic acids is 1. The van der Waals surface area contributed by atoms with Gasteiger partial charge in [0.05, 0.1) is 12.0 Å². The van der Waals surface area contributed by atoms with Gasteiger partial charge < -0.3 is 10.1 Å². The lowest BCUT2D eigenvalue weighted by molar-refractivity contribution is -0.156. The summed E-state index contributed by atoms with van der Waals surface area (Å²) in [5, 5.41) is 3.17. The first-order chi connectivity index (χ1) is 9.57. The van der Waals surface area contributed by atoms with E-state index in [2.05, 4.69) is 5.32 Å². The summed E-state index contributed by atoms with van der Waals surface area (Å²) in [6.45, 7) is 3.35. The van der Waals surface area contributed by atoms with Crippen LogP contribution in [0, 0.1) is 17.0 Å². The highest BCUT2D eigenvalue weighted by Crippen LogP contribution is 2.33. The molecule has 1 aromatic carbocycles. The van der Waals surface area contributed by atoms with E-state index in [0.717, 1.165) is 19.0 Å². The molecular formula is C15H19F2NO2. The van der Waals surface area contributed by atoms with Gasteiger partial charge in [-0.3, -0.25) is 4.79 Å². The van der Waals surface area contributed by atoms with Gasteiger partial charge in [0, 0.05) is 12.6 Å². The van der Waals surface area contributed by atoms with Gasteiger partial charge in [-0.1, -0.05) is 6.07 Å². The maximum Gasteiger partial charge on any atom is 0.313 e. The number of piperidine rings is 1. The minimum Gasteiger partial charge on any atom is -0.466 e. The molecule has 1 N–H and O–H groups in total. The molecule has 2 rings (SSSR count). The Balaban J connectivity index is 2.25. The van der Waals surface area contributed by atoms with E-state index >= 15 is 0 Å². The highest BCUT2D eigenvalue weighted by atomic mass is 19.1. The normalized spacial score (nSPS) is 22.6. The van der Waals surface area contributed by atoms with E-state index in [4.69, 9.17) is 4.74 Å². The molecule has 0 aromatic heterocycles. The van der Waals surface area contributed by atoms with Crippen LogP contribution in [0.1, 0.15) is 25.3 Å². The highest BCUT2D eigenvalue weighted by molar-refractivity contribution is 5.77. The Morgan fingerprint density at radius 2 is 2.25 bits per heavy atom. The number of carbonyl (C=O) groups is 1. The number of hydrogen-bond acceptors (Lipinski definition) is 3. The Hall–Kier alpha value is -1.49. The quantitative estimate of drug-likeness (QED) is 0.863. The molecular weight excluding hydrogens is 264 g/mol. The fourth-order valence-electron chi connectivity index (χ4n) is 2.68. The number of rotatable bonds is 4. The molecule has 0 amide bonds. The molecule has 1 aliphatic rings. The minimum absolute atomic E-state index is 0.227. The van der Waals surface area contributed by atoms with E-state index in [-0.39, 0.29) is 12.4 Å². The first-order valence-electron chi connectivity index (χ1n) is 6.89. The lowest BCUT2D eigenvalue weighted by atomic mass is 9.75. The van der Waals surface area contributed by atoms with E-state index in [0.29, 0.717) is 25.1 Å².